The average molecular weight is 703 g/mol. The normalized spacial score (nSPS) is 27.7. The number of rotatable bonds is 6. The molecule has 4 aromatic rings. The number of H-pyrrole nitrogens is 1. The Kier molecular flexibility index (Phi) is 7.03. The maximum Gasteiger partial charge on any atom is 0.305 e. The van der Waals surface area contributed by atoms with Gasteiger partial charge in [-0.25, -0.2) is 0 Å². The number of benzene rings is 3. The molecule has 0 unspecified atom stereocenters. The van der Waals surface area contributed by atoms with Gasteiger partial charge in [0.25, 0.3) is 5.91 Å². The van der Waals surface area contributed by atoms with E-state index in [1.807, 2.05) is 67.6 Å². The number of aromatic nitrogens is 1. The monoisotopic (exact) mass is 701 g/mol. The first-order valence-corrected chi connectivity index (χ1v) is 17.4. The number of carbonyl (C=O) groups is 3. The van der Waals surface area contributed by atoms with E-state index in [1.165, 1.54) is 16.2 Å². The Morgan fingerprint density at radius 3 is 2.44 bits per heavy atom. The third-order valence-electron chi connectivity index (χ3n) is 9.76. The Hall–Kier alpha value is -3.67. The fraction of sp³-hybridized carbons (Fsp3) is 0.294. The van der Waals surface area contributed by atoms with Gasteiger partial charge in [-0.3, -0.25) is 24.1 Å². The molecule has 2 aliphatic heterocycles. The van der Waals surface area contributed by atoms with Gasteiger partial charge in [-0.1, -0.05) is 63.2 Å². The van der Waals surface area contributed by atoms with Crippen molar-refractivity contribution in [3.8, 4) is 5.75 Å². The number of aryl methyl sites for hydroxylation is 1. The zero-order valence-corrected chi connectivity index (χ0v) is 27.3. The Morgan fingerprint density at radius 2 is 1.69 bits per heavy atom. The molecule has 2 N–H and O–H groups in total. The standard InChI is InChI=1S/C34H28BrN3O5S2/c1-16-6-10-18(11-7-16)36-24(39)15-43-23-5-3-2-4-20(23)25-26-21-14-22(29(26)44-31-30(25)45-34(42)37-31)28-27(21)32(40)38(33(28)41)19-12-8-17(35)9-13-19/h2-13,21-22,25-29H,14-15H2,1H3,(H,36,39)(H,37,42)/t21-,22-,25+,26-,27+,28+,29-/m1/s1. The second-order valence-corrected chi connectivity index (χ2v) is 15.3. The quantitative estimate of drug-likeness (QED) is 0.232. The molecule has 2 aliphatic carbocycles. The van der Waals surface area contributed by atoms with E-state index in [2.05, 4.69) is 26.2 Å². The average Bonchev–Trinajstić information content (AvgIpc) is 3.77. The molecule has 3 amide bonds. The lowest BCUT2D eigenvalue weighted by Gasteiger charge is -2.43. The van der Waals surface area contributed by atoms with E-state index in [0.29, 0.717) is 17.1 Å². The zero-order valence-electron chi connectivity index (χ0n) is 24.1. The van der Waals surface area contributed by atoms with Gasteiger partial charge in [0.2, 0.25) is 11.8 Å². The molecule has 3 aromatic carbocycles. The van der Waals surface area contributed by atoms with Gasteiger partial charge < -0.3 is 15.0 Å². The Balaban J connectivity index is 1.12. The molecule has 2 bridgehead atoms. The number of nitrogens with one attached hydrogen (secondary N) is 2. The molecular formula is C34H28BrN3O5S2. The summed E-state index contributed by atoms with van der Waals surface area (Å²) in [6.07, 6.45) is 0.793. The number of thiazole rings is 1. The zero-order chi connectivity index (χ0) is 31.0. The van der Waals surface area contributed by atoms with Crippen LogP contribution in [0.1, 0.15) is 28.3 Å². The Labute approximate surface area is 275 Å². The molecule has 1 aromatic heterocycles. The van der Waals surface area contributed by atoms with Gasteiger partial charge >= 0.3 is 4.87 Å². The van der Waals surface area contributed by atoms with Crippen molar-refractivity contribution < 1.29 is 19.1 Å². The maximum atomic E-state index is 14.0. The van der Waals surface area contributed by atoms with E-state index in [0.717, 1.165) is 31.9 Å². The number of nitrogens with zero attached hydrogens (tertiary/aromatic N) is 1. The number of carbonyl (C=O) groups excluding carboxylic acids is 3. The summed E-state index contributed by atoms with van der Waals surface area (Å²) in [4.78, 5) is 58.7. The number of ether oxygens (including phenoxy) is 1. The summed E-state index contributed by atoms with van der Waals surface area (Å²) in [6.45, 7) is 1.81. The van der Waals surface area contributed by atoms with Gasteiger partial charge in [-0.15, -0.1) is 11.8 Å². The highest BCUT2D eigenvalue weighted by molar-refractivity contribution is 9.10. The summed E-state index contributed by atoms with van der Waals surface area (Å²) in [5, 5.41) is 3.76. The smallest absolute Gasteiger partial charge is 0.305 e. The number of imide groups is 1. The van der Waals surface area contributed by atoms with Crippen LogP contribution >= 0.6 is 39.0 Å². The van der Waals surface area contributed by atoms with Crippen LogP contribution in [0.5, 0.6) is 5.75 Å². The van der Waals surface area contributed by atoms with Crippen molar-refractivity contribution in [3.63, 3.8) is 0 Å². The highest BCUT2D eigenvalue weighted by Crippen LogP contribution is 2.69. The summed E-state index contributed by atoms with van der Waals surface area (Å²) >= 11 is 6.29. The molecule has 4 aliphatic rings. The molecule has 11 heteroatoms. The van der Waals surface area contributed by atoms with Crippen LogP contribution in [0.25, 0.3) is 0 Å². The lowest BCUT2D eigenvalue weighted by Crippen LogP contribution is -2.42. The van der Waals surface area contributed by atoms with E-state index < -0.39 is 5.92 Å². The predicted molar refractivity (Wildman–Crippen MR) is 177 cm³/mol. The van der Waals surface area contributed by atoms with Gasteiger partial charge in [0, 0.05) is 31.8 Å². The molecular weight excluding hydrogens is 674 g/mol. The van der Waals surface area contributed by atoms with Crippen molar-refractivity contribution in [1.82, 2.24) is 4.98 Å². The summed E-state index contributed by atoms with van der Waals surface area (Å²) < 4.78 is 7.05. The van der Waals surface area contributed by atoms with Crippen LogP contribution in [0.2, 0.25) is 0 Å². The minimum Gasteiger partial charge on any atom is -0.483 e. The molecule has 0 spiro atoms. The molecule has 228 valence electrons. The lowest BCUT2D eigenvalue weighted by atomic mass is 9.68. The van der Waals surface area contributed by atoms with E-state index in [4.69, 9.17) is 4.74 Å². The first-order chi connectivity index (χ1) is 21.8. The Bertz CT molecular complexity index is 1910. The van der Waals surface area contributed by atoms with Crippen molar-refractivity contribution in [2.45, 2.75) is 29.5 Å². The van der Waals surface area contributed by atoms with Crippen molar-refractivity contribution in [2.75, 3.05) is 16.8 Å². The third kappa shape index (κ3) is 4.70. The number of amides is 3. The molecule has 3 heterocycles. The molecule has 45 heavy (non-hydrogen) atoms. The van der Waals surface area contributed by atoms with Crippen LogP contribution in [-0.4, -0.2) is 34.6 Å². The van der Waals surface area contributed by atoms with Gasteiger partial charge in [0.05, 0.1) is 22.5 Å². The molecule has 7 atom stereocenters. The van der Waals surface area contributed by atoms with Crippen LogP contribution < -0.4 is 19.8 Å². The van der Waals surface area contributed by atoms with Crippen molar-refractivity contribution in [3.05, 3.63) is 103 Å². The highest BCUT2D eigenvalue weighted by Gasteiger charge is 2.69. The fourth-order valence-electron chi connectivity index (χ4n) is 8.06. The predicted octanol–water partition coefficient (Wildman–Crippen LogP) is 6.20. The second kappa shape index (κ2) is 11.0. The van der Waals surface area contributed by atoms with Crippen LogP contribution in [0.4, 0.5) is 11.4 Å². The summed E-state index contributed by atoms with van der Waals surface area (Å²) in [6, 6.07) is 22.5. The number of aromatic amines is 1. The Morgan fingerprint density at radius 1 is 0.978 bits per heavy atom. The lowest BCUT2D eigenvalue weighted by molar-refractivity contribution is -0.123. The van der Waals surface area contributed by atoms with Crippen LogP contribution in [-0.2, 0) is 14.4 Å². The fourth-order valence-corrected chi connectivity index (χ4v) is 11.2. The number of halogens is 1. The van der Waals surface area contributed by atoms with Gasteiger partial charge in [-0.05, 0) is 73.6 Å². The van der Waals surface area contributed by atoms with E-state index in [9.17, 15) is 19.2 Å². The first kappa shape index (κ1) is 28.8. The first-order valence-electron chi connectivity index (χ1n) is 14.9. The maximum absolute atomic E-state index is 14.0. The molecule has 3 fully saturated rings. The van der Waals surface area contributed by atoms with Gasteiger partial charge in [0.1, 0.15) is 5.75 Å². The number of hydrogen-bond donors (Lipinski definition) is 2. The second-order valence-electron chi connectivity index (χ2n) is 12.2. The number of para-hydroxylation sites is 1. The number of hydrogen-bond acceptors (Lipinski definition) is 7. The van der Waals surface area contributed by atoms with Crippen molar-refractivity contribution >= 4 is 68.1 Å². The third-order valence-corrected chi connectivity index (χ3v) is 12.9. The molecule has 1 saturated heterocycles. The molecule has 8 rings (SSSR count). The van der Waals surface area contributed by atoms with E-state index in [1.54, 1.807) is 23.9 Å². The molecule has 2 saturated carbocycles. The number of thioether (sulfide) groups is 1. The SMILES string of the molecule is Cc1ccc(NC(=O)COc2ccccc2[C@@H]2c3sc(=O)[nH]c3S[C@@H]3[C@@H]4C[C@@H]([C@@H]5C(=O)N(c6ccc(Br)cc6)C(=O)[C@@H]45)[C@H]23)cc1. The summed E-state index contributed by atoms with van der Waals surface area (Å²) in [5.74, 6) is -0.935. The highest BCUT2D eigenvalue weighted by atomic mass is 79.9. The molecule has 0 radical (unpaired) electrons. The van der Waals surface area contributed by atoms with Gasteiger partial charge in [0.15, 0.2) is 6.61 Å². The van der Waals surface area contributed by atoms with Gasteiger partial charge in [-0.2, -0.15) is 0 Å². The largest absolute Gasteiger partial charge is 0.483 e. The molecule has 8 nitrogen and oxygen atoms in total. The topological polar surface area (TPSA) is 109 Å². The van der Waals surface area contributed by atoms with E-state index in [-0.39, 0.29) is 64.0 Å². The van der Waals surface area contributed by atoms with E-state index >= 15 is 0 Å². The number of anilines is 2. The van der Waals surface area contributed by atoms with Crippen molar-refractivity contribution in [2.24, 2.45) is 29.6 Å². The minimum atomic E-state index is -0.402. The van der Waals surface area contributed by atoms with Crippen LogP contribution in [0.15, 0.2) is 87.1 Å². The number of fused-ring (bicyclic) bond motifs is 9. The van der Waals surface area contributed by atoms with Crippen LogP contribution in [0.3, 0.4) is 0 Å². The van der Waals surface area contributed by atoms with Crippen molar-refractivity contribution in [1.29, 1.82) is 0 Å². The summed E-state index contributed by atoms with van der Waals surface area (Å²) in [5.41, 5.74) is 3.28. The minimum absolute atomic E-state index is 0.0133. The summed E-state index contributed by atoms with van der Waals surface area (Å²) in [7, 11) is 0. The van der Waals surface area contributed by atoms with Crippen LogP contribution in [0, 0.1) is 36.5 Å².